The van der Waals surface area contributed by atoms with Gasteiger partial charge in [-0.2, -0.15) is 0 Å². The van der Waals surface area contributed by atoms with Gasteiger partial charge >= 0.3 is 0 Å². The third-order valence-electron chi connectivity index (χ3n) is 1.96. The highest BCUT2D eigenvalue weighted by Crippen LogP contribution is 2.55. The number of halogens is 4. The van der Waals surface area contributed by atoms with Crippen LogP contribution in [-0.2, 0) is 0 Å². The fourth-order valence-electron chi connectivity index (χ4n) is 1.20. The molecule has 0 fully saturated rings. The summed E-state index contributed by atoms with van der Waals surface area (Å²) in [7, 11) is 0. The fraction of sp³-hybridized carbons (Fsp3) is 0. The van der Waals surface area contributed by atoms with Crippen LogP contribution in [0.4, 0.5) is 0 Å². The van der Waals surface area contributed by atoms with Crippen molar-refractivity contribution in [2.45, 2.75) is 0 Å². The summed E-state index contributed by atoms with van der Waals surface area (Å²) in [4.78, 5) is 12.2. The first-order valence-electron chi connectivity index (χ1n) is 4.66. The normalized spacial score (nSPS) is 19.8. The van der Waals surface area contributed by atoms with Crippen molar-refractivity contribution in [3.63, 3.8) is 0 Å². The van der Waals surface area contributed by atoms with Crippen LogP contribution in [0, 0.1) is 0 Å². The van der Waals surface area contributed by atoms with Crippen LogP contribution in [-0.4, -0.2) is 0 Å². The minimum absolute atomic E-state index is 0.135. The van der Waals surface area contributed by atoms with Crippen LogP contribution in [0.15, 0.2) is 20.1 Å². The lowest BCUT2D eigenvalue weighted by molar-refractivity contribution is 1.86. The van der Waals surface area contributed by atoms with Gasteiger partial charge in [0, 0.05) is 0 Å². The van der Waals surface area contributed by atoms with E-state index < -0.39 is 0 Å². The standard InChI is InChI=1S/C9Br4OS6/c10-2-3(11)17-7(16-2)1-6(14)20-8(15-1)9-18-4(12)5(13)19-9. The molecule has 1 aromatic rings. The molecule has 3 heterocycles. The quantitative estimate of drug-likeness (QED) is 0.342. The van der Waals surface area contributed by atoms with Gasteiger partial charge in [0.05, 0.1) is 23.7 Å². The van der Waals surface area contributed by atoms with Crippen molar-refractivity contribution in [2.24, 2.45) is 0 Å². The molecule has 3 rings (SSSR count). The van der Waals surface area contributed by atoms with Crippen LogP contribution in [0.25, 0.3) is 8.47 Å². The lowest BCUT2D eigenvalue weighted by Gasteiger charge is -1.90. The highest BCUT2D eigenvalue weighted by molar-refractivity contribution is 9.18. The molecule has 0 radical (unpaired) electrons. The van der Waals surface area contributed by atoms with Crippen molar-refractivity contribution in [1.29, 1.82) is 0 Å². The van der Waals surface area contributed by atoms with Crippen molar-refractivity contribution in [2.75, 3.05) is 0 Å². The van der Waals surface area contributed by atoms with Crippen LogP contribution >= 0.6 is 133 Å². The first-order valence-corrected chi connectivity index (χ1v) is 12.7. The minimum Gasteiger partial charge on any atom is -0.276 e. The molecule has 0 saturated heterocycles. The Morgan fingerprint density at radius 1 is 0.650 bits per heavy atom. The Balaban J connectivity index is 2.10. The smallest absolute Gasteiger partial charge is 0.252 e. The molecule has 0 N–H and O–H groups in total. The topological polar surface area (TPSA) is 17.1 Å². The molecule has 11 heteroatoms. The van der Waals surface area contributed by atoms with E-state index in [2.05, 4.69) is 63.7 Å². The van der Waals surface area contributed by atoms with E-state index in [4.69, 9.17) is 0 Å². The molecule has 0 bridgehead atoms. The first kappa shape index (κ1) is 17.2. The highest BCUT2D eigenvalue weighted by atomic mass is 79.9. The summed E-state index contributed by atoms with van der Waals surface area (Å²) in [5.74, 6) is 0. The van der Waals surface area contributed by atoms with E-state index in [1.165, 1.54) is 11.3 Å². The van der Waals surface area contributed by atoms with Gasteiger partial charge in [0.15, 0.2) is 0 Å². The van der Waals surface area contributed by atoms with E-state index in [0.717, 1.165) is 32.1 Å². The van der Waals surface area contributed by atoms with E-state index in [1.54, 1.807) is 58.4 Å². The van der Waals surface area contributed by atoms with Gasteiger partial charge in [-0.15, -0.1) is 11.3 Å². The summed E-state index contributed by atoms with van der Waals surface area (Å²) < 4.78 is 8.42. The summed E-state index contributed by atoms with van der Waals surface area (Å²) >= 11 is 23.4. The first-order chi connectivity index (χ1) is 9.45. The summed E-state index contributed by atoms with van der Waals surface area (Å²) in [6.07, 6.45) is 0. The molecule has 106 valence electrons. The predicted molar refractivity (Wildman–Crippen MR) is 115 cm³/mol. The molecule has 0 amide bonds. The summed E-state index contributed by atoms with van der Waals surface area (Å²) in [5.41, 5.74) is 0. The van der Waals surface area contributed by atoms with Gasteiger partial charge in [-0.05, 0) is 63.7 Å². The molecule has 20 heavy (non-hydrogen) atoms. The molecule has 1 nitrogen and oxygen atoms in total. The van der Waals surface area contributed by atoms with Crippen LogP contribution in [0.5, 0.6) is 0 Å². The van der Waals surface area contributed by atoms with Crippen LogP contribution in [0.1, 0.15) is 0 Å². The lowest BCUT2D eigenvalue weighted by atomic mass is 10.9. The molecule has 0 aromatic carbocycles. The second kappa shape index (κ2) is 7.10. The highest BCUT2D eigenvalue weighted by Gasteiger charge is 2.22. The van der Waals surface area contributed by atoms with E-state index in [0.29, 0.717) is 0 Å². The van der Waals surface area contributed by atoms with Crippen molar-refractivity contribution in [1.82, 2.24) is 0 Å². The lowest BCUT2D eigenvalue weighted by Crippen LogP contribution is -2.14. The summed E-state index contributed by atoms with van der Waals surface area (Å²) in [6, 6.07) is 0. The van der Waals surface area contributed by atoms with Crippen molar-refractivity contribution >= 4 is 142 Å². The second-order valence-electron chi connectivity index (χ2n) is 3.19. The average molecular weight is 636 g/mol. The molecular formula is C9Br4OS6. The number of hydrogen-bond acceptors (Lipinski definition) is 7. The largest absolute Gasteiger partial charge is 0.276 e. The van der Waals surface area contributed by atoms with Crippen molar-refractivity contribution in [3.05, 3.63) is 33.2 Å². The van der Waals surface area contributed by atoms with Gasteiger partial charge in [0.1, 0.15) is 8.38 Å². The Morgan fingerprint density at radius 3 is 1.60 bits per heavy atom. The third-order valence-corrected chi connectivity index (χ3v) is 15.1. The van der Waals surface area contributed by atoms with Gasteiger partial charge in [-0.3, -0.25) is 4.79 Å². The van der Waals surface area contributed by atoms with Gasteiger partial charge in [0.25, 0.3) is 4.74 Å². The predicted octanol–water partition coefficient (Wildman–Crippen LogP) is 6.09. The Morgan fingerprint density at radius 2 is 1.10 bits per heavy atom. The summed E-state index contributed by atoms with van der Waals surface area (Å²) in [6.45, 7) is 0. The number of hydrogen-bond donors (Lipinski definition) is 0. The molecule has 2 aliphatic heterocycles. The Hall–Kier alpha value is 2.39. The monoisotopic (exact) mass is 632 g/mol. The molecule has 1 aromatic heterocycles. The van der Waals surface area contributed by atoms with Crippen LogP contribution in [0.3, 0.4) is 0 Å². The van der Waals surface area contributed by atoms with Gasteiger partial charge in [-0.1, -0.05) is 58.4 Å². The Bertz CT molecular complexity index is 799. The Kier molecular flexibility index (Phi) is 6.11. The maximum atomic E-state index is 12.2. The Labute approximate surface area is 172 Å². The zero-order valence-electron chi connectivity index (χ0n) is 8.87. The van der Waals surface area contributed by atoms with Gasteiger partial charge in [-0.25, -0.2) is 0 Å². The minimum atomic E-state index is 0.135. The van der Waals surface area contributed by atoms with E-state index >= 15 is 0 Å². The molecule has 0 saturated carbocycles. The van der Waals surface area contributed by atoms with Crippen LogP contribution < -0.4 is 13.1 Å². The van der Waals surface area contributed by atoms with E-state index in [-0.39, 0.29) is 4.74 Å². The SMILES string of the molecule is O=c1sc(=C2SC(Br)=C(Br)S2)sc1=C1SC(Br)=C(Br)S1. The molecule has 0 aliphatic carbocycles. The molecule has 0 unspecified atom stereocenters. The van der Waals surface area contributed by atoms with Gasteiger partial charge in [0.2, 0.25) is 0 Å². The summed E-state index contributed by atoms with van der Waals surface area (Å²) in [5, 5.41) is 0. The zero-order chi connectivity index (χ0) is 14.4. The molecule has 0 spiro atoms. The van der Waals surface area contributed by atoms with Crippen molar-refractivity contribution < 1.29 is 0 Å². The average Bonchev–Trinajstić information content (AvgIpc) is 3.01. The third kappa shape index (κ3) is 3.56. The van der Waals surface area contributed by atoms with E-state index in [9.17, 15) is 4.79 Å². The van der Waals surface area contributed by atoms with Gasteiger partial charge < -0.3 is 0 Å². The molecular weight excluding hydrogens is 636 g/mol. The number of rotatable bonds is 0. The van der Waals surface area contributed by atoms with Crippen molar-refractivity contribution in [3.8, 4) is 0 Å². The van der Waals surface area contributed by atoms with Crippen LogP contribution in [0.2, 0.25) is 0 Å². The zero-order valence-corrected chi connectivity index (χ0v) is 20.1. The maximum Gasteiger partial charge on any atom is 0.252 e. The van der Waals surface area contributed by atoms with E-state index in [1.807, 2.05) is 0 Å². The fourth-order valence-corrected chi connectivity index (χ4v) is 12.1. The second-order valence-corrected chi connectivity index (χ2v) is 15.3. The number of thioether (sulfide) groups is 4. The molecule has 0 atom stereocenters. The molecule has 2 aliphatic rings. The maximum absolute atomic E-state index is 12.2.